The number of aromatic nitrogens is 2. The van der Waals surface area contributed by atoms with Gasteiger partial charge >= 0.3 is 0 Å². The van der Waals surface area contributed by atoms with E-state index in [1.54, 1.807) is 0 Å². The fourth-order valence-electron chi connectivity index (χ4n) is 1.68. The summed E-state index contributed by atoms with van der Waals surface area (Å²) in [7, 11) is 0. The van der Waals surface area contributed by atoms with Crippen molar-refractivity contribution >= 4 is 0 Å². The maximum atomic E-state index is 5.82. The quantitative estimate of drug-likeness (QED) is 0.806. The lowest BCUT2D eigenvalue weighted by Crippen LogP contribution is -2.29. The van der Waals surface area contributed by atoms with Gasteiger partial charge in [-0.3, -0.25) is 4.68 Å². The maximum absolute atomic E-state index is 5.82. The molecule has 1 rings (SSSR count). The molecule has 0 fully saturated rings. The highest BCUT2D eigenvalue weighted by atomic mass is 15.3. The van der Waals surface area contributed by atoms with Crippen LogP contribution in [-0.4, -0.2) is 16.3 Å². The third-order valence-corrected chi connectivity index (χ3v) is 3.66. The summed E-state index contributed by atoms with van der Waals surface area (Å²) in [6.45, 7) is 9.52. The van der Waals surface area contributed by atoms with Gasteiger partial charge in [0.2, 0.25) is 0 Å². The number of rotatable bonds is 6. The van der Waals surface area contributed by atoms with E-state index in [-0.39, 0.29) is 5.41 Å². The third-order valence-electron chi connectivity index (χ3n) is 3.66. The maximum Gasteiger partial charge on any atom is 0.0630 e. The highest BCUT2D eigenvalue weighted by Crippen LogP contribution is 2.24. The second-order valence-electron chi connectivity index (χ2n) is 5.09. The smallest absolute Gasteiger partial charge is 0.0630 e. The van der Waals surface area contributed by atoms with Crippen LogP contribution in [0.2, 0.25) is 0 Å². The first-order chi connectivity index (χ1) is 7.54. The topological polar surface area (TPSA) is 43.8 Å². The van der Waals surface area contributed by atoms with Gasteiger partial charge < -0.3 is 5.73 Å². The molecule has 1 aromatic rings. The molecule has 1 heterocycles. The molecule has 0 bridgehead atoms. The minimum absolute atomic E-state index is 0.189. The summed E-state index contributed by atoms with van der Waals surface area (Å²) in [6.07, 6.45) is 5.27. The highest BCUT2D eigenvalue weighted by Gasteiger charge is 2.22. The van der Waals surface area contributed by atoms with Crippen molar-refractivity contribution in [3.05, 3.63) is 18.0 Å². The van der Waals surface area contributed by atoms with Gasteiger partial charge in [0, 0.05) is 12.2 Å². The SMILES string of the molecule is CCC(C)n1ccc(CC(C)(CC)CN)n1. The van der Waals surface area contributed by atoms with Crippen LogP contribution in [-0.2, 0) is 6.42 Å². The molecule has 0 saturated heterocycles. The van der Waals surface area contributed by atoms with E-state index in [1.165, 1.54) is 0 Å². The molecule has 0 spiro atoms. The molecule has 0 radical (unpaired) electrons. The Morgan fingerprint density at radius 3 is 2.69 bits per heavy atom. The van der Waals surface area contributed by atoms with Gasteiger partial charge in [0.05, 0.1) is 5.69 Å². The zero-order valence-electron chi connectivity index (χ0n) is 11.0. The monoisotopic (exact) mass is 223 g/mol. The fraction of sp³-hybridized carbons (Fsp3) is 0.769. The van der Waals surface area contributed by atoms with Gasteiger partial charge in [0.1, 0.15) is 0 Å². The molecule has 1 aromatic heterocycles. The van der Waals surface area contributed by atoms with E-state index >= 15 is 0 Å². The molecule has 0 aromatic carbocycles. The Morgan fingerprint density at radius 1 is 1.50 bits per heavy atom. The zero-order chi connectivity index (χ0) is 12.2. The Hall–Kier alpha value is -0.830. The lowest BCUT2D eigenvalue weighted by Gasteiger charge is -2.25. The second-order valence-corrected chi connectivity index (χ2v) is 5.09. The van der Waals surface area contributed by atoms with Gasteiger partial charge in [-0.1, -0.05) is 20.8 Å². The summed E-state index contributed by atoms with van der Waals surface area (Å²) in [4.78, 5) is 0. The lowest BCUT2D eigenvalue weighted by molar-refractivity contribution is 0.315. The Morgan fingerprint density at radius 2 is 2.19 bits per heavy atom. The largest absolute Gasteiger partial charge is 0.330 e. The van der Waals surface area contributed by atoms with Crippen LogP contribution in [0.15, 0.2) is 12.3 Å². The number of nitrogens with two attached hydrogens (primary N) is 1. The van der Waals surface area contributed by atoms with Gasteiger partial charge in [0.15, 0.2) is 0 Å². The minimum Gasteiger partial charge on any atom is -0.330 e. The summed E-state index contributed by atoms with van der Waals surface area (Å²) in [5.41, 5.74) is 7.17. The van der Waals surface area contributed by atoms with Crippen LogP contribution in [0.5, 0.6) is 0 Å². The van der Waals surface area contributed by atoms with E-state index in [0.29, 0.717) is 6.04 Å². The lowest BCUT2D eigenvalue weighted by atomic mass is 9.83. The molecule has 92 valence electrons. The van der Waals surface area contributed by atoms with Crippen molar-refractivity contribution in [2.45, 2.75) is 53.0 Å². The van der Waals surface area contributed by atoms with Crippen LogP contribution in [0.3, 0.4) is 0 Å². The molecule has 2 atom stereocenters. The number of hydrogen-bond acceptors (Lipinski definition) is 2. The van der Waals surface area contributed by atoms with Crippen LogP contribution in [0, 0.1) is 5.41 Å². The van der Waals surface area contributed by atoms with Crippen molar-refractivity contribution in [1.29, 1.82) is 0 Å². The van der Waals surface area contributed by atoms with Crippen molar-refractivity contribution < 1.29 is 0 Å². The molecule has 3 nitrogen and oxygen atoms in total. The molecule has 2 N–H and O–H groups in total. The Balaban J connectivity index is 2.71. The van der Waals surface area contributed by atoms with Gasteiger partial charge in [0.25, 0.3) is 0 Å². The normalized spacial score (nSPS) is 17.1. The molecular weight excluding hydrogens is 198 g/mol. The predicted molar refractivity (Wildman–Crippen MR) is 68.4 cm³/mol. The standard InChI is InChI=1S/C13H25N3/c1-5-11(3)16-8-7-12(15-16)9-13(4,6-2)10-14/h7-8,11H,5-6,9-10,14H2,1-4H3. The number of hydrogen-bond donors (Lipinski definition) is 1. The van der Waals surface area contributed by atoms with E-state index in [2.05, 4.69) is 49.7 Å². The molecule has 16 heavy (non-hydrogen) atoms. The van der Waals surface area contributed by atoms with Gasteiger partial charge in [-0.25, -0.2) is 0 Å². The van der Waals surface area contributed by atoms with Crippen molar-refractivity contribution in [3.8, 4) is 0 Å². The van der Waals surface area contributed by atoms with Gasteiger partial charge in [-0.15, -0.1) is 0 Å². The summed E-state index contributed by atoms with van der Waals surface area (Å²) in [5, 5.41) is 4.62. The molecule has 0 saturated carbocycles. The van der Waals surface area contributed by atoms with Crippen molar-refractivity contribution in [2.24, 2.45) is 11.1 Å². The molecule has 0 aliphatic rings. The Kier molecular flexibility index (Phi) is 4.54. The summed E-state index contributed by atoms with van der Waals surface area (Å²) < 4.78 is 2.06. The number of nitrogens with zero attached hydrogens (tertiary/aromatic N) is 2. The van der Waals surface area contributed by atoms with E-state index < -0.39 is 0 Å². The van der Waals surface area contributed by atoms with Crippen LogP contribution in [0.1, 0.15) is 52.3 Å². The zero-order valence-corrected chi connectivity index (χ0v) is 11.0. The molecule has 2 unspecified atom stereocenters. The second kappa shape index (κ2) is 5.48. The predicted octanol–water partition coefficient (Wildman–Crippen LogP) is 2.77. The van der Waals surface area contributed by atoms with Gasteiger partial charge in [-0.2, -0.15) is 5.10 Å². The first kappa shape index (κ1) is 13.2. The van der Waals surface area contributed by atoms with Crippen LogP contribution in [0.4, 0.5) is 0 Å². The molecule has 0 amide bonds. The molecular formula is C13H25N3. The van der Waals surface area contributed by atoms with Gasteiger partial charge in [-0.05, 0) is 44.2 Å². The summed E-state index contributed by atoms with van der Waals surface area (Å²) in [6, 6.07) is 2.61. The van der Waals surface area contributed by atoms with E-state index in [1.807, 2.05) is 0 Å². The van der Waals surface area contributed by atoms with E-state index in [9.17, 15) is 0 Å². The van der Waals surface area contributed by atoms with Crippen LogP contribution in [0.25, 0.3) is 0 Å². The van der Waals surface area contributed by atoms with Crippen molar-refractivity contribution in [1.82, 2.24) is 9.78 Å². The highest BCUT2D eigenvalue weighted by molar-refractivity contribution is 5.03. The Labute approximate surface area is 99.0 Å². The fourth-order valence-corrected chi connectivity index (χ4v) is 1.68. The van der Waals surface area contributed by atoms with E-state index in [4.69, 9.17) is 5.73 Å². The van der Waals surface area contributed by atoms with E-state index in [0.717, 1.165) is 31.5 Å². The molecule has 3 heteroatoms. The average Bonchev–Trinajstić information content (AvgIpc) is 2.76. The average molecular weight is 223 g/mol. The molecule has 0 aliphatic heterocycles. The van der Waals surface area contributed by atoms with Crippen LogP contribution >= 0.6 is 0 Å². The first-order valence-electron chi connectivity index (χ1n) is 6.28. The van der Waals surface area contributed by atoms with Crippen molar-refractivity contribution in [3.63, 3.8) is 0 Å². The van der Waals surface area contributed by atoms with Crippen LogP contribution < -0.4 is 5.73 Å². The minimum atomic E-state index is 0.189. The first-order valence-corrected chi connectivity index (χ1v) is 6.28. The summed E-state index contributed by atoms with van der Waals surface area (Å²) in [5.74, 6) is 0. The van der Waals surface area contributed by atoms with Crippen molar-refractivity contribution in [2.75, 3.05) is 6.54 Å². The Bertz CT molecular complexity index is 313. The third kappa shape index (κ3) is 3.08. The summed E-state index contributed by atoms with van der Waals surface area (Å²) >= 11 is 0. The molecule has 0 aliphatic carbocycles.